The molecule has 0 aromatic rings. The molecule has 0 saturated carbocycles. The zero-order valence-corrected chi connectivity index (χ0v) is 27.1. The van der Waals surface area contributed by atoms with Crippen molar-refractivity contribution < 1.29 is 34.7 Å². The van der Waals surface area contributed by atoms with Crippen molar-refractivity contribution in [3.63, 3.8) is 0 Å². The summed E-state index contributed by atoms with van der Waals surface area (Å²) in [5.74, 6) is -0.632. The van der Waals surface area contributed by atoms with Gasteiger partial charge in [-0.05, 0) is 51.9 Å². The number of unbranched alkanes of at least 4 members (excludes halogenated alkanes) is 14. The topological polar surface area (TPSA) is 116 Å². The van der Waals surface area contributed by atoms with Crippen LogP contribution in [0.4, 0.5) is 0 Å². The van der Waals surface area contributed by atoms with Crippen LogP contribution in [0.1, 0.15) is 168 Å². The van der Waals surface area contributed by atoms with Crippen molar-refractivity contribution in [2.45, 2.75) is 211 Å². The number of aliphatic hydroxyl groups is 4. The second-order valence-electron chi connectivity index (χ2n) is 13.4. The van der Waals surface area contributed by atoms with Gasteiger partial charge in [-0.25, -0.2) is 0 Å². The maximum atomic E-state index is 11.7. The van der Waals surface area contributed by atoms with Crippen molar-refractivity contribution in [2.24, 2.45) is 5.92 Å². The van der Waals surface area contributed by atoms with E-state index >= 15 is 0 Å². The molecule has 8 atom stereocenters. The summed E-state index contributed by atoms with van der Waals surface area (Å²) in [5.41, 5.74) is 0. The number of rotatable bonds is 26. The van der Waals surface area contributed by atoms with Crippen molar-refractivity contribution in [3.05, 3.63) is 0 Å². The van der Waals surface area contributed by atoms with Crippen LogP contribution >= 0.6 is 0 Å². The lowest BCUT2D eigenvalue weighted by molar-refractivity contribution is -0.143. The molecule has 2 saturated heterocycles. The summed E-state index contributed by atoms with van der Waals surface area (Å²) in [6.07, 6.45) is 22.5. The smallest absolute Gasteiger partial charge is 0.312 e. The monoisotopic (exact) mass is 598 g/mol. The molecule has 0 aromatic carbocycles. The van der Waals surface area contributed by atoms with Gasteiger partial charge in [0.2, 0.25) is 0 Å². The van der Waals surface area contributed by atoms with Crippen molar-refractivity contribution >= 4 is 5.97 Å². The Morgan fingerprint density at radius 3 is 1.60 bits per heavy atom. The molecule has 2 aliphatic heterocycles. The molecule has 7 nitrogen and oxygen atoms in total. The van der Waals surface area contributed by atoms with Crippen LogP contribution in [0.2, 0.25) is 0 Å². The van der Waals surface area contributed by atoms with Gasteiger partial charge >= 0.3 is 5.97 Å². The van der Waals surface area contributed by atoms with Crippen LogP contribution in [-0.4, -0.2) is 69.1 Å². The summed E-state index contributed by atoms with van der Waals surface area (Å²) in [6, 6.07) is 0. The minimum atomic E-state index is -0.673. The third-order valence-corrected chi connectivity index (χ3v) is 9.63. The molecule has 4 N–H and O–H groups in total. The Morgan fingerprint density at radius 2 is 1.10 bits per heavy atom. The van der Waals surface area contributed by atoms with Gasteiger partial charge in [-0.1, -0.05) is 116 Å². The fourth-order valence-corrected chi connectivity index (χ4v) is 6.72. The highest BCUT2D eigenvalue weighted by molar-refractivity contribution is 5.75. The van der Waals surface area contributed by atoms with Gasteiger partial charge in [0, 0.05) is 0 Å². The third-order valence-electron chi connectivity index (χ3n) is 9.63. The van der Waals surface area contributed by atoms with Crippen molar-refractivity contribution in [1.29, 1.82) is 0 Å². The minimum Gasteiger partial charge on any atom is -0.460 e. The SMILES string of the molecule is CCCCCCCCCCCC[C@H](O)[C@H]1CC[C@H]([C@@H](O)CCCC[C@H](O)CCCCCCC[C@H]2C(=O)O[C@@H](C)[C@H]2O)O1. The van der Waals surface area contributed by atoms with Crippen LogP contribution < -0.4 is 0 Å². The highest BCUT2D eigenvalue weighted by Crippen LogP contribution is 2.29. The van der Waals surface area contributed by atoms with Gasteiger partial charge in [0.05, 0.1) is 36.4 Å². The number of hydrogen-bond donors (Lipinski definition) is 4. The van der Waals surface area contributed by atoms with Gasteiger partial charge in [-0.2, -0.15) is 0 Å². The third kappa shape index (κ3) is 15.3. The molecule has 0 radical (unpaired) electrons. The molecule has 0 aromatic heterocycles. The second kappa shape index (κ2) is 22.7. The molecule has 0 unspecified atom stereocenters. The summed E-state index contributed by atoms with van der Waals surface area (Å²) >= 11 is 0. The molecule has 0 spiro atoms. The molecular weight excluding hydrogens is 532 g/mol. The predicted octanol–water partition coefficient (Wildman–Crippen LogP) is 7.14. The number of hydrogen-bond acceptors (Lipinski definition) is 7. The van der Waals surface area contributed by atoms with Gasteiger partial charge in [-0.3, -0.25) is 4.79 Å². The maximum absolute atomic E-state index is 11.7. The van der Waals surface area contributed by atoms with E-state index in [1.165, 1.54) is 57.8 Å². The van der Waals surface area contributed by atoms with E-state index < -0.39 is 24.4 Å². The lowest BCUT2D eigenvalue weighted by atomic mass is 9.94. The molecule has 2 heterocycles. The van der Waals surface area contributed by atoms with Crippen LogP contribution in [-0.2, 0) is 14.3 Å². The van der Waals surface area contributed by atoms with Gasteiger partial charge in [0.25, 0.3) is 0 Å². The standard InChI is InChI=1S/C35H66O7/c1-3-4-5-6-7-8-9-10-14-17-23-30(37)32-25-26-33(42-32)31(38)24-19-18-21-28(36)20-15-12-11-13-16-22-29-34(39)27(2)41-35(29)40/h27-34,36-39H,3-26H2,1-2H3/t27-,28+,29+,30-,31-,32+,33+,34+/m0/s1. The van der Waals surface area contributed by atoms with Crippen LogP contribution in [0.25, 0.3) is 0 Å². The molecule has 0 bridgehead atoms. The Hall–Kier alpha value is -0.730. The summed E-state index contributed by atoms with van der Waals surface area (Å²) in [7, 11) is 0. The quantitative estimate of drug-likeness (QED) is 0.0618. The Kier molecular flexibility index (Phi) is 20.3. The van der Waals surface area contributed by atoms with E-state index in [0.29, 0.717) is 12.8 Å². The van der Waals surface area contributed by atoms with Gasteiger partial charge in [0.15, 0.2) is 0 Å². The summed E-state index contributed by atoms with van der Waals surface area (Å²) < 4.78 is 11.1. The Labute approximate surface area is 257 Å². The number of ether oxygens (including phenoxy) is 2. The average Bonchev–Trinajstić information content (AvgIpc) is 3.56. The van der Waals surface area contributed by atoms with E-state index in [0.717, 1.165) is 83.5 Å². The van der Waals surface area contributed by atoms with E-state index in [1.54, 1.807) is 6.92 Å². The lowest BCUT2D eigenvalue weighted by Gasteiger charge is -2.22. The van der Waals surface area contributed by atoms with E-state index in [9.17, 15) is 25.2 Å². The molecule has 0 aliphatic carbocycles. The maximum Gasteiger partial charge on any atom is 0.312 e. The van der Waals surface area contributed by atoms with Crippen LogP contribution in [0.5, 0.6) is 0 Å². The molecule has 7 heteroatoms. The van der Waals surface area contributed by atoms with E-state index in [-0.39, 0.29) is 30.2 Å². The van der Waals surface area contributed by atoms with E-state index in [2.05, 4.69) is 6.92 Å². The molecule has 0 amide bonds. The van der Waals surface area contributed by atoms with E-state index in [1.807, 2.05) is 0 Å². The summed E-state index contributed by atoms with van der Waals surface area (Å²) in [4.78, 5) is 11.7. The van der Waals surface area contributed by atoms with Gasteiger partial charge < -0.3 is 29.9 Å². The first-order valence-electron chi connectivity index (χ1n) is 17.9. The normalized spacial score (nSPS) is 26.4. The first-order valence-corrected chi connectivity index (χ1v) is 17.9. The Balaban J connectivity index is 1.39. The van der Waals surface area contributed by atoms with Crippen molar-refractivity contribution in [1.82, 2.24) is 0 Å². The van der Waals surface area contributed by atoms with Crippen molar-refractivity contribution in [3.8, 4) is 0 Å². The lowest BCUT2D eigenvalue weighted by Crippen LogP contribution is -2.31. The molecule has 2 aliphatic rings. The van der Waals surface area contributed by atoms with Crippen LogP contribution in [0.3, 0.4) is 0 Å². The zero-order chi connectivity index (χ0) is 30.6. The molecule has 248 valence electrons. The van der Waals surface area contributed by atoms with Crippen LogP contribution in [0, 0.1) is 5.92 Å². The number of carbonyl (C=O) groups excluding carboxylic acids is 1. The van der Waals surface area contributed by atoms with Crippen LogP contribution in [0.15, 0.2) is 0 Å². The number of carbonyl (C=O) groups is 1. The predicted molar refractivity (Wildman–Crippen MR) is 168 cm³/mol. The molecule has 42 heavy (non-hydrogen) atoms. The Bertz CT molecular complexity index is 674. The van der Waals surface area contributed by atoms with Gasteiger partial charge in [0.1, 0.15) is 12.2 Å². The highest BCUT2D eigenvalue weighted by Gasteiger charge is 2.40. The van der Waals surface area contributed by atoms with E-state index in [4.69, 9.17) is 9.47 Å². The average molecular weight is 599 g/mol. The zero-order valence-electron chi connectivity index (χ0n) is 27.1. The largest absolute Gasteiger partial charge is 0.460 e. The first kappa shape index (κ1) is 37.5. The number of aliphatic hydroxyl groups excluding tert-OH is 4. The molecular formula is C35H66O7. The number of esters is 1. The molecule has 2 fully saturated rings. The highest BCUT2D eigenvalue weighted by atomic mass is 16.6. The summed E-state index contributed by atoms with van der Waals surface area (Å²) in [6.45, 7) is 3.99. The summed E-state index contributed by atoms with van der Waals surface area (Å²) in [5, 5.41) is 41.5. The molecule has 2 rings (SSSR count). The van der Waals surface area contributed by atoms with Crippen molar-refractivity contribution in [2.75, 3.05) is 0 Å². The first-order chi connectivity index (χ1) is 20.3. The Morgan fingerprint density at radius 1 is 0.667 bits per heavy atom. The fourth-order valence-electron chi connectivity index (χ4n) is 6.72. The van der Waals surface area contributed by atoms with Gasteiger partial charge in [-0.15, -0.1) is 0 Å². The number of cyclic esters (lactones) is 1. The fraction of sp³-hybridized carbons (Fsp3) is 0.971. The minimum absolute atomic E-state index is 0.139. The second-order valence-corrected chi connectivity index (χ2v) is 13.4.